The lowest BCUT2D eigenvalue weighted by Crippen LogP contribution is -2.45. The molecule has 180 valence electrons. The first-order valence-electron chi connectivity index (χ1n) is 7.94. The zero-order chi connectivity index (χ0) is 24.7. The summed E-state index contributed by atoms with van der Waals surface area (Å²) in [7, 11) is -17.1. The lowest BCUT2D eigenvalue weighted by molar-refractivity contribution is -0.0784. The maximum Gasteiger partial charge on any atom is 0.490 e. The van der Waals surface area contributed by atoms with Crippen LogP contribution in [0.2, 0.25) is 0 Å². The fourth-order valence-electron chi connectivity index (χ4n) is 2.58. The van der Waals surface area contributed by atoms with Gasteiger partial charge in [0, 0.05) is 0 Å². The highest BCUT2D eigenvalue weighted by atomic mass is 31.3. The molecule has 0 spiro atoms. The third kappa shape index (κ3) is 6.06. The zero-order valence-electron chi connectivity index (χ0n) is 15.6. The molecule has 7 N–H and O–H groups in total. The van der Waals surface area contributed by atoms with Gasteiger partial charge in [0.1, 0.15) is 18.5 Å². The largest absolute Gasteiger partial charge is 0.490 e. The quantitative estimate of drug-likeness (QED) is 0.168. The summed E-state index contributed by atoms with van der Waals surface area (Å²) < 4.78 is 66.5. The number of nitrogens with zero attached hydrogens (tertiary/aromatic N) is 3. The van der Waals surface area contributed by atoms with E-state index in [1.54, 1.807) is 5.92 Å². The molecule has 2 rings (SSSR count). The Balaban J connectivity index is 2.27. The number of nitrogen functional groups attached to an aromatic ring is 1. The Bertz CT molecular complexity index is 1120. The molecule has 0 aromatic carbocycles. The number of terminal acetylenes is 1. The van der Waals surface area contributed by atoms with E-state index in [1.165, 1.54) is 0 Å². The van der Waals surface area contributed by atoms with Gasteiger partial charge in [-0.3, -0.25) is 9.09 Å². The summed E-state index contributed by atoms with van der Waals surface area (Å²) in [5, 5.41) is 10.3. The third-order valence-electron chi connectivity index (χ3n) is 3.78. The van der Waals surface area contributed by atoms with Crippen LogP contribution in [-0.2, 0) is 31.6 Å². The first-order valence-corrected chi connectivity index (χ1v) is 12.5. The van der Waals surface area contributed by atoms with Gasteiger partial charge in [-0.25, -0.2) is 27.9 Å². The molecular formula is C11H16FN4O13P3. The van der Waals surface area contributed by atoms with Crippen LogP contribution in [0.4, 0.5) is 10.3 Å². The van der Waals surface area contributed by atoms with Crippen molar-refractivity contribution in [3.63, 3.8) is 0 Å². The van der Waals surface area contributed by atoms with Gasteiger partial charge in [-0.15, -0.1) is 6.42 Å². The molecule has 1 fully saturated rings. The smallest absolute Gasteiger partial charge is 0.386 e. The van der Waals surface area contributed by atoms with Crippen molar-refractivity contribution in [2.24, 2.45) is 0 Å². The van der Waals surface area contributed by atoms with Gasteiger partial charge in [0.05, 0.1) is 6.10 Å². The molecule has 1 saturated heterocycles. The van der Waals surface area contributed by atoms with Crippen molar-refractivity contribution >= 4 is 29.4 Å². The average Bonchev–Trinajstić information content (AvgIpc) is 2.84. The van der Waals surface area contributed by atoms with Crippen LogP contribution in [0.25, 0.3) is 0 Å². The molecule has 7 atom stereocenters. The molecule has 3 unspecified atom stereocenters. The molecule has 32 heavy (non-hydrogen) atoms. The molecule has 0 aliphatic carbocycles. The van der Waals surface area contributed by atoms with Gasteiger partial charge in [-0.05, 0) is 6.92 Å². The Morgan fingerprint density at radius 3 is 2.41 bits per heavy atom. The summed E-state index contributed by atoms with van der Waals surface area (Å²) in [6, 6.07) is 0. The number of aromatic nitrogens is 3. The Labute approximate surface area is 177 Å². The Hall–Kier alpha value is -1.57. The van der Waals surface area contributed by atoms with E-state index in [4.69, 9.17) is 31.6 Å². The first kappa shape index (κ1) is 26.7. The van der Waals surface area contributed by atoms with Crippen LogP contribution in [0.1, 0.15) is 13.2 Å². The van der Waals surface area contributed by atoms with Crippen molar-refractivity contribution in [3.05, 3.63) is 16.8 Å². The minimum Gasteiger partial charge on any atom is -0.386 e. The van der Waals surface area contributed by atoms with Gasteiger partial charge in [0.2, 0.25) is 11.6 Å². The van der Waals surface area contributed by atoms with Gasteiger partial charge in [-0.1, -0.05) is 5.92 Å². The van der Waals surface area contributed by atoms with Crippen molar-refractivity contribution in [2.75, 3.05) is 5.73 Å². The van der Waals surface area contributed by atoms with Crippen LogP contribution < -0.4 is 11.4 Å². The van der Waals surface area contributed by atoms with Crippen LogP contribution in [-0.4, -0.2) is 63.2 Å². The number of ether oxygens (including phenoxy) is 1. The van der Waals surface area contributed by atoms with E-state index >= 15 is 4.39 Å². The number of hydrogen-bond acceptors (Lipinski definition) is 12. The lowest BCUT2D eigenvalue weighted by atomic mass is 9.95. The fraction of sp³-hybridized carbons (Fsp3) is 0.545. The highest BCUT2D eigenvalue weighted by molar-refractivity contribution is 7.66. The second-order valence-corrected chi connectivity index (χ2v) is 10.5. The standard InChI is InChI=1S/C11H16FN4O13P3/c1-3-11(12)7(17)6(26-8(11)16-4-14-9(13)15-10(16)18)5(2)27-31(22,23)29-32(24,25)28-30(19,20)21/h1,4-8,17H,2H3,(H,22,23)(H,24,25)(H2,13,15,18)(H2,19,20,21)/t5-,6-,7+,8-,11?/m1/s1. The van der Waals surface area contributed by atoms with Crippen molar-refractivity contribution in [2.45, 2.75) is 37.1 Å². The number of anilines is 1. The molecule has 1 aliphatic rings. The van der Waals surface area contributed by atoms with Crippen molar-refractivity contribution < 1.29 is 60.6 Å². The number of halogens is 1. The van der Waals surface area contributed by atoms with Gasteiger partial charge in [0.25, 0.3) is 0 Å². The molecule has 0 radical (unpaired) electrons. The molecule has 1 aromatic heterocycles. The number of nitrogens with two attached hydrogens (primary N) is 1. The molecule has 21 heteroatoms. The van der Waals surface area contributed by atoms with Gasteiger partial charge < -0.3 is 35.2 Å². The highest BCUT2D eigenvalue weighted by Crippen LogP contribution is 2.66. The molecule has 0 amide bonds. The fourth-order valence-corrected chi connectivity index (χ4v) is 5.78. The van der Waals surface area contributed by atoms with Crippen molar-refractivity contribution in [1.29, 1.82) is 0 Å². The van der Waals surface area contributed by atoms with E-state index < -0.39 is 65.3 Å². The van der Waals surface area contributed by atoms with Crippen LogP contribution in [0.3, 0.4) is 0 Å². The number of phosphoric acid groups is 3. The average molecular weight is 524 g/mol. The van der Waals surface area contributed by atoms with Gasteiger partial charge in [0.15, 0.2) is 6.23 Å². The Kier molecular flexibility index (Phi) is 7.50. The molecule has 0 saturated carbocycles. The number of phosphoric ester groups is 1. The predicted molar refractivity (Wildman–Crippen MR) is 97.7 cm³/mol. The van der Waals surface area contributed by atoms with Crippen molar-refractivity contribution in [1.82, 2.24) is 14.5 Å². The van der Waals surface area contributed by atoms with Gasteiger partial charge in [-0.2, -0.15) is 13.6 Å². The van der Waals surface area contributed by atoms with Crippen LogP contribution in [0.15, 0.2) is 11.1 Å². The summed E-state index contributed by atoms with van der Waals surface area (Å²) in [4.78, 5) is 54.5. The van der Waals surface area contributed by atoms with Crippen LogP contribution >= 0.6 is 23.5 Å². The minimum atomic E-state index is -5.83. The molecular weight excluding hydrogens is 508 g/mol. The summed E-state index contributed by atoms with van der Waals surface area (Å²) in [6.07, 6.45) is -2.26. The molecule has 2 heterocycles. The monoisotopic (exact) mass is 524 g/mol. The minimum absolute atomic E-state index is 0.441. The van der Waals surface area contributed by atoms with E-state index in [2.05, 4.69) is 23.1 Å². The SMILES string of the molecule is C#CC1(F)[C@@H](O)[C@@H]([C@@H](C)OP(=O)(O)OP(=O)(O)OP(=O)(O)O)O[C@H]1n1cnc(N)nc1=O. The van der Waals surface area contributed by atoms with E-state index in [0.717, 1.165) is 6.92 Å². The molecule has 1 aromatic rings. The van der Waals surface area contributed by atoms with Crippen LogP contribution in [0.5, 0.6) is 0 Å². The number of rotatable bonds is 8. The Morgan fingerprint density at radius 1 is 1.31 bits per heavy atom. The number of alkyl halides is 1. The third-order valence-corrected chi connectivity index (χ3v) is 7.71. The molecule has 1 aliphatic heterocycles. The number of aliphatic hydroxyl groups is 1. The lowest BCUT2D eigenvalue weighted by Gasteiger charge is -2.25. The highest BCUT2D eigenvalue weighted by Gasteiger charge is 2.60. The number of aliphatic hydroxyl groups excluding tert-OH is 1. The van der Waals surface area contributed by atoms with Crippen LogP contribution in [0, 0.1) is 12.3 Å². The maximum absolute atomic E-state index is 15.3. The summed E-state index contributed by atoms with van der Waals surface area (Å²) in [5.74, 6) is 1.13. The maximum atomic E-state index is 15.3. The number of hydrogen-bond donors (Lipinski definition) is 6. The van der Waals surface area contributed by atoms with E-state index in [1.807, 2.05) is 0 Å². The second kappa shape index (κ2) is 8.99. The first-order chi connectivity index (χ1) is 14.4. The predicted octanol–water partition coefficient (Wildman–Crippen LogP) is -1.45. The van der Waals surface area contributed by atoms with Crippen molar-refractivity contribution in [3.8, 4) is 12.3 Å². The normalized spacial score (nSPS) is 30.8. The zero-order valence-corrected chi connectivity index (χ0v) is 18.3. The summed E-state index contributed by atoms with van der Waals surface area (Å²) >= 11 is 0. The van der Waals surface area contributed by atoms with E-state index in [-0.39, 0.29) is 0 Å². The van der Waals surface area contributed by atoms with E-state index in [0.29, 0.717) is 10.9 Å². The molecule has 0 bridgehead atoms. The molecule has 17 nitrogen and oxygen atoms in total. The Morgan fingerprint density at radius 2 is 1.91 bits per heavy atom. The summed E-state index contributed by atoms with van der Waals surface area (Å²) in [5.41, 5.74) is 0.936. The van der Waals surface area contributed by atoms with Gasteiger partial charge >= 0.3 is 29.2 Å². The van der Waals surface area contributed by atoms with E-state index in [9.17, 15) is 28.5 Å². The second-order valence-electron chi connectivity index (χ2n) is 6.12. The summed E-state index contributed by atoms with van der Waals surface area (Å²) in [6.45, 7) is 0.911. The topological polar surface area (TPSA) is 263 Å².